The summed E-state index contributed by atoms with van der Waals surface area (Å²) < 4.78 is 25.6. The first-order chi connectivity index (χ1) is 8.38. The monoisotopic (exact) mass is 272 g/mol. The molecule has 1 aromatic rings. The first-order valence-electron chi connectivity index (χ1n) is 6.48. The molecule has 0 aliphatic rings. The third-order valence-corrected chi connectivity index (χ3v) is 5.34. The molecule has 104 valence electrons. The number of rotatable bonds is 7. The van der Waals surface area contributed by atoms with Crippen LogP contribution in [-0.4, -0.2) is 30.5 Å². The maximum Gasteiger partial charge on any atom is 0.154 e. The van der Waals surface area contributed by atoms with Crippen LogP contribution in [0.15, 0.2) is 18.3 Å². The van der Waals surface area contributed by atoms with Gasteiger partial charge in [-0.1, -0.05) is 6.92 Å². The zero-order valence-corrected chi connectivity index (χ0v) is 12.5. The molecule has 1 aromatic heterocycles. The topological polar surface area (TPSA) is 51.1 Å². The molecule has 5 heteroatoms. The van der Waals surface area contributed by atoms with Crippen molar-refractivity contribution in [2.45, 2.75) is 45.5 Å². The van der Waals surface area contributed by atoms with Gasteiger partial charge in [-0.2, -0.15) is 0 Å². The Kier molecular flexibility index (Phi) is 5.41. The van der Waals surface area contributed by atoms with E-state index in [0.717, 1.165) is 12.2 Å². The number of hydrogen-bond donors (Lipinski definition) is 1. The Labute approximate surface area is 110 Å². The molecule has 0 saturated heterocycles. The van der Waals surface area contributed by atoms with Crippen LogP contribution in [0.25, 0.3) is 0 Å². The van der Waals surface area contributed by atoms with Gasteiger partial charge in [-0.25, -0.2) is 8.42 Å². The van der Waals surface area contributed by atoms with E-state index in [-0.39, 0.29) is 17.0 Å². The molecule has 1 rings (SSSR count). The van der Waals surface area contributed by atoms with Crippen molar-refractivity contribution in [3.05, 3.63) is 24.0 Å². The summed E-state index contributed by atoms with van der Waals surface area (Å²) in [6, 6.07) is 4.24. The van der Waals surface area contributed by atoms with Gasteiger partial charge in [-0.3, -0.25) is 0 Å². The Morgan fingerprint density at radius 3 is 2.56 bits per heavy atom. The lowest BCUT2D eigenvalue weighted by molar-refractivity contribution is 0.542. The molecule has 1 unspecified atom stereocenters. The molecule has 0 fully saturated rings. The highest BCUT2D eigenvalue weighted by Gasteiger charge is 2.17. The third-order valence-electron chi connectivity index (χ3n) is 3.15. The smallest absolute Gasteiger partial charge is 0.154 e. The highest BCUT2D eigenvalue weighted by molar-refractivity contribution is 7.91. The van der Waals surface area contributed by atoms with Gasteiger partial charge in [0.2, 0.25) is 0 Å². The van der Waals surface area contributed by atoms with Crippen molar-refractivity contribution in [2.24, 2.45) is 0 Å². The molecule has 0 bridgehead atoms. The molecule has 0 saturated carbocycles. The van der Waals surface area contributed by atoms with Crippen LogP contribution in [0.1, 0.15) is 39.4 Å². The number of aromatic nitrogens is 1. The average molecular weight is 272 g/mol. The van der Waals surface area contributed by atoms with Crippen LogP contribution in [-0.2, 0) is 16.4 Å². The molecular weight excluding hydrogens is 248 g/mol. The van der Waals surface area contributed by atoms with Crippen LogP contribution >= 0.6 is 0 Å². The molecule has 18 heavy (non-hydrogen) atoms. The van der Waals surface area contributed by atoms with Gasteiger partial charge in [-0.05, 0) is 39.4 Å². The van der Waals surface area contributed by atoms with Crippen LogP contribution in [0.4, 0.5) is 0 Å². The number of sulfone groups is 1. The molecule has 4 nitrogen and oxygen atoms in total. The largest absolute Gasteiger partial charge is 0.349 e. The summed E-state index contributed by atoms with van der Waals surface area (Å²) in [5.41, 5.74) is 1.14. The van der Waals surface area contributed by atoms with E-state index in [9.17, 15) is 8.42 Å². The van der Waals surface area contributed by atoms with Crippen LogP contribution in [0.5, 0.6) is 0 Å². The van der Waals surface area contributed by atoms with Crippen molar-refractivity contribution in [1.29, 1.82) is 0 Å². The molecule has 0 aliphatic heterocycles. The molecule has 0 aromatic carbocycles. The van der Waals surface area contributed by atoms with E-state index in [0.29, 0.717) is 6.54 Å². The number of nitrogens with zero attached hydrogens (tertiary/aromatic N) is 1. The Morgan fingerprint density at radius 2 is 2.00 bits per heavy atom. The Hall–Kier alpha value is -0.810. The Morgan fingerprint density at radius 1 is 1.33 bits per heavy atom. The van der Waals surface area contributed by atoms with Crippen LogP contribution in [0, 0.1) is 0 Å². The van der Waals surface area contributed by atoms with E-state index in [1.807, 2.05) is 22.9 Å². The molecule has 0 aliphatic carbocycles. The van der Waals surface area contributed by atoms with E-state index in [4.69, 9.17) is 0 Å². The van der Waals surface area contributed by atoms with Crippen molar-refractivity contribution in [1.82, 2.24) is 9.88 Å². The molecular formula is C13H24N2O2S. The standard InChI is InChI=1S/C13H24N2O2S/c1-5-14-12(4)13-7-6-8-15(13)9-10-18(16,17)11(2)3/h6-8,11-12,14H,5,9-10H2,1-4H3. The van der Waals surface area contributed by atoms with Gasteiger partial charge >= 0.3 is 0 Å². The zero-order chi connectivity index (χ0) is 13.8. The van der Waals surface area contributed by atoms with Gasteiger partial charge in [0.25, 0.3) is 0 Å². The Balaban J connectivity index is 2.72. The number of aryl methyl sites for hydroxylation is 1. The van der Waals surface area contributed by atoms with Gasteiger partial charge in [0.15, 0.2) is 9.84 Å². The summed E-state index contributed by atoms with van der Waals surface area (Å²) in [4.78, 5) is 0. The minimum Gasteiger partial charge on any atom is -0.349 e. The van der Waals surface area contributed by atoms with Crippen LogP contribution < -0.4 is 5.32 Å². The van der Waals surface area contributed by atoms with Crippen molar-refractivity contribution >= 4 is 9.84 Å². The van der Waals surface area contributed by atoms with E-state index in [1.165, 1.54) is 0 Å². The lowest BCUT2D eigenvalue weighted by atomic mass is 10.2. The predicted octanol–water partition coefficient (Wildman–Crippen LogP) is 1.98. The molecule has 0 spiro atoms. The fraction of sp³-hybridized carbons (Fsp3) is 0.692. The SMILES string of the molecule is CCNC(C)c1cccn1CCS(=O)(=O)C(C)C. The second-order valence-corrected chi connectivity index (χ2v) is 7.50. The lowest BCUT2D eigenvalue weighted by Crippen LogP contribution is -2.24. The second-order valence-electron chi connectivity index (χ2n) is 4.82. The molecule has 1 N–H and O–H groups in total. The first kappa shape index (κ1) is 15.2. The minimum atomic E-state index is -2.97. The van der Waals surface area contributed by atoms with Gasteiger partial charge < -0.3 is 9.88 Å². The third kappa shape index (κ3) is 3.85. The van der Waals surface area contributed by atoms with Crippen molar-refractivity contribution in [3.63, 3.8) is 0 Å². The van der Waals surface area contributed by atoms with E-state index in [2.05, 4.69) is 19.2 Å². The van der Waals surface area contributed by atoms with Crippen molar-refractivity contribution in [2.75, 3.05) is 12.3 Å². The average Bonchev–Trinajstić information content (AvgIpc) is 2.74. The predicted molar refractivity (Wildman–Crippen MR) is 75.4 cm³/mol. The first-order valence-corrected chi connectivity index (χ1v) is 8.20. The summed E-state index contributed by atoms with van der Waals surface area (Å²) in [6.07, 6.45) is 1.94. The van der Waals surface area contributed by atoms with Crippen LogP contribution in [0.3, 0.4) is 0 Å². The van der Waals surface area contributed by atoms with Gasteiger partial charge in [-0.15, -0.1) is 0 Å². The van der Waals surface area contributed by atoms with Crippen molar-refractivity contribution < 1.29 is 8.42 Å². The van der Waals surface area contributed by atoms with Crippen LogP contribution in [0.2, 0.25) is 0 Å². The lowest BCUT2D eigenvalue weighted by Gasteiger charge is -2.17. The summed E-state index contributed by atoms with van der Waals surface area (Å²) in [5.74, 6) is 0.200. The van der Waals surface area contributed by atoms with Gasteiger partial charge in [0, 0.05) is 24.5 Å². The van der Waals surface area contributed by atoms with Gasteiger partial charge in [0.1, 0.15) is 0 Å². The summed E-state index contributed by atoms with van der Waals surface area (Å²) in [6.45, 7) is 9.04. The molecule has 0 amide bonds. The normalized spacial score (nSPS) is 14.1. The van der Waals surface area contributed by atoms with Gasteiger partial charge in [0.05, 0.1) is 11.0 Å². The maximum absolute atomic E-state index is 11.8. The summed E-state index contributed by atoms with van der Waals surface area (Å²) in [7, 11) is -2.97. The van der Waals surface area contributed by atoms with Crippen molar-refractivity contribution in [3.8, 4) is 0 Å². The fourth-order valence-electron chi connectivity index (χ4n) is 1.90. The second kappa shape index (κ2) is 6.38. The summed E-state index contributed by atoms with van der Waals surface area (Å²) in [5, 5.41) is 3.03. The van der Waals surface area contributed by atoms with E-state index >= 15 is 0 Å². The van der Waals surface area contributed by atoms with E-state index in [1.54, 1.807) is 13.8 Å². The fourth-order valence-corrected chi connectivity index (χ4v) is 2.82. The molecule has 1 atom stereocenters. The zero-order valence-electron chi connectivity index (χ0n) is 11.7. The Bertz CT molecular complexity index is 463. The summed E-state index contributed by atoms with van der Waals surface area (Å²) >= 11 is 0. The highest BCUT2D eigenvalue weighted by atomic mass is 32.2. The number of nitrogens with one attached hydrogen (secondary N) is 1. The number of hydrogen-bond acceptors (Lipinski definition) is 3. The highest BCUT2D eigenvalue weighted by Crippen LogP contribution is 2.14. The molecule has 0 radical (unpaired) electrons. The quantitative estimate of drug-likeness (QED) is 0.826. The maximum atomic E-state index is 11.8. The molecule has 1 heterocycles. The van der Waals surface area contributed by atoms with E-state index < -0.39 is 9.84 Å². The minimum absolute atomic E-state index is 0.200.